The molecule has 0 spiro atoms. The molecule has 3 heterocycles. The van der Waals surface area contributed by atoms with Crippen LogP contribution in [0.5, 0.6) is 0 Å². The summed E-state index contributed by atoms with van der Waals surface area (Å²) in [6.45, 7) is 18.5. The minimum absolute atomic E-state index is 0.101. The Kier molecular flexibility index (Phi) is 6.56. The van der Waals surface area contributed by atoms with Gasteiger partial charge in [-0.3, -0.25) is 0 Å². The van der Waals surface area contributed by atoms with Gasteiger partial charge in [-0.15, -0.1) is 0 Å². The predicted octanol–water partition coefficient (Wildman–Crippen LogP) is 6.56. The molecular weight excluding hydrogens is 394 g/mol. The van der Waals surface area contributed by atoms with Gasteiger partial charge in [0.1, 0.15) is 17.4 Å². The third-order valence-electron chi connectivity index (χ3n) is 6.62. The zero-order valence-corrected chi connectivity index (χ0v) is 20.3. The molecule has 32 heavy (non-hydrogen) atoms. The maximum Gasteiger partial charge on any atom is 0.143 e. The summed E-state index contributed by atoms with van der Waals surface area (Å²) in [6.07, 6.45) is 14.1. The Morgan fingerprint density at radius 1 is 1.19 bits per heavy atom. The lowest BCUT2D eigenvalue weighted by Crippen LogP contribution is -2.36. The SMILES string of the molecule is C=C1CC(C)N2CCC(C)(C)C(/C=C/C=C/C3=CC(C(C#N)C#N)C=C(C(C)(C)C)O3)=C12. The molecule has 0 aliphatic carbocycles. The Bertz CT molecular complexity index is 1000. The highest BCUT2D eigenvalue weighted by Gasteiger charge is 2.38. The molecule has 168 valence electrons. The molecule has 3 aliphatic rings. The largest absolute Gasteiger partial charge is 0.462 e. The fourth-order valence-corrected chi connectivity index (χ4v) is 4.62. The summed E-state index contributed by atoms with van der Waals surface area (Å²) in [4.78, 5) is 2.50. The molecule has 0 aromatic rings. The van der Waals surface area contributed by atoms with E-state index in [0.717, 1.165) is 25.1 Å². The molecule has 4 nitrogen and oxygen atoms in total. The first-order valence-corrected chi connectivity index (χ1v) is 11.4. The Labute approximate surface area is 193 Å². The number of rotatable bonds is 4. The van der Waals surface area contributed by atoms with Gasteiger partial charge in [0.25, 0.3) is 0 Å². The van der Waals surface area contributed by atoms with Crippen molar-refractivity contribution in [2.75, 3.05) is 6.54 Å². The molecule has 0 saturated carbocycles. The van der Waals surface area contributed by atoms with Crippen LogP contribution in [0.15, 0.2) is 71.4 Å². The van der Waals surface area contributed by atoms with E-state index in [4.69, 9.17) is 4.74 Å². The lowest BCUT2D eigenvalue weighted by Gasteiger charge is -2.40. The summed E-state index contributed by atoms with van der Waals surface area (Å²) in [5.74, 6) is 0.445. The monoisotopic (exact) mass is 429 g/mol. The van der Waals surface area contributed by atoms with Crippen molar-refractivity contribution in [1.29, 1.82) is 10.5 Å². The van der Waals surface area contributed by atoms with E-state index < -0.39 is 5.92 Å². The van der Waals surface area contributed by atoms with Gasteiger partial charge in [0, 0.05) is 29.6 Å². The van der Waals surface area contributed by atoms with E-state index in [0.29, 0.717) is 11.8 Å². The van der Waals surface area contributed by atoms with Gasteiger partial charge < -0.3 is 9.64 Å². The second-order valence-electron chi connectivity index (χ2n) is 10.7. The fraction of sp³-hybridized carbons (Fsp3) is 0.500. The minimum Gasteiger partial charge on any atom is -0.462 e. The van der Waals surface area contributed by atoms with E-state index in [1.54, 1.807) is 0 Å². The molecule has 2 unspecified atom stereocenters. The lowest BCUT2D eigenvalue weighted by atomic mass is 9.76. The van der Waals surface area contributed by atoms with Crippen molar-refractivity contribution in [3.63, 3.8) is 0 Å². The van der Waals surface area contributed by atoms with Gasteiger partial charge in [0.05, 0.1) is 12.1 Å². The zero-order chi connectivity index (χ0) is 23.7. The van der Waals surface area contributed by atoms with Crippen molar-refractivity contribution in [2.24, 2.45) is 22.7 Å². The summed E-state index contributed by atoms with van der Waals surface area (Å²) in [7, 11) is 0. The number of nitrogens with zero attached hydrogens (tertiary/aromatic N) is 3. The van der Waals surface area contributed by atoms with Crippen molar-refractivity contribution in [3.05, 3.63) is 71.4 Å². The molecule has 0 N–H and O–H groups in total. The molecule has 0 radical (unpaired) electrons. The van der Waals surface area contributed by atoms with Crippen LogP contribution in [-0.2, 0) is 4.74 Å². The second kappa shape index (κ2) is 8.87. The third kappa shape index (κ3) is 4.76. The molecule has 1 saturated heterocycles. The van der Waals surface area contributed by atoms with Gasteiger partial charge in [-0.25, -0.2) is 0 Å². The first-order chi connectivity index (χ1) is 15.0. The molecule has 0 amide bonds. The van der Waals surface area contributed by atoms with Gasteiger partial charge in [0.15, 0.2) is 0 Å². The summed E-state index contributed by atoms with van der Waals surface area (Å²) >= 11 is 0. The number of ether oxygens (including phenoxy) is 1. The summed E-state index contributed by atoms with van der Waals surface area (Å²) < 4.78 is 6.10. The summed E-state index contributed by atoms with van der Waals surface area (Å²) in [5, 5.41) is 18.7. The quantitative estimate of drug-likeness (QED) is 0.475. The Balaban J connectivity index is 1.86. The van der Waals surface area contributed by atoms with E-state index in [1.165, 1.54) is 16.8 Å². The van der Waals surface area contributed by atoms with Crippen molar-refractivity contribution < 1.29 is 4.74 Å². The summed E-state index contributed by atoms with van der Waals surface area (Å²) in [5.41, 5.74) is 3.77. The highest BCUT2D eigenvalue weighted by atomic mass is 16.5. The maximum absolute atomic E-state index is 9.36. The van der Waals surface area contributed by atoms with Gasteiger partial charge in [-0.05, 0) is 54.6 Å². The van der Waals surface area contributed by atoms with Crippen LogP contribution in [0.3, 0.4) is 0 Å². The van der Waals surface area contributed by atoms with Crippen LogP contribution in [0.25, 0.3) is 0 Å². The summed E-state index contributed by atoms with van der Waals surface area (Å²) in [6, 6.07) is 4.71. The van der Waals surface area contributed by atoms with Crippen molar-refractivity contribution in [3.8, 4) is 12.1 Å². The Morgan fingerprint density at radius 3 is 2.47 bits per heavy atom. The molecule has 4 heteroatoms. The van der Waals surface area contributed by atoms with Gasteiger partial charge >= 0.3 is 0 Å². The van der Waals surface area contributed by atoms with Gasteiger partial charge in [-0.1, -0.05) is 59.4 Å². The Morgan fingerprint density at radius 2 is 1.84 bits per heavy atom. The van der Waals surface area contributed by atoms with Crippen LogP contribution in [0.4, 0.5) is 0 Å². The molecule has 1 fully saturated rings. The van der Waals surface area contributed by atoms with Crippen LogP contribution < -0.4 is 0 Å². The topological polar surface area (TPSA) is 60.0 Å². The normalized spacial score (nSPS) is 25.5. The molecular formula is C28H35N3O. The molecule has 3 rings (SSSR count). The predicted molar refractivity (Wildman–Crippen MR) is 129 cm³/mol. The first-order valence-electron chi connectivity index (χ1n) is 11.4. The van der Waals surface area contributed by atoms with Crippen LogP contribution in [0, 0.1) is 45.3 Å². The molecule has 0 bridgehead atoms. The van der Waals surface area contributed by atoms with Crippen LogP contribution in [0.1, 0.15) is 54.4 Å². The number of hydrogen-bond acceptors (Lipinski definition) is 4. The molecule has 3 aliphatic heterocycles. The molecule has 2 atom stereocenters. The average molecular weight is 430 g/mol. The second-order valence-corrected chi connectivity index (χ2v) is 10.7. The number of fused-ring (bicyclic) bond motifs is 1. The van der Waals surface area contributed by atoms with Crippen molar-refractivity contribution in [2.45, 2.75) is 60.4 Å². The highest BCUT2D eigenvalue weighted by molar-refractivity contribution is 5.47. The van der Waals surface area contributed by atoms with Crippen LogP contribution in [0.2, 0.25) is 0 Å². The van der Waals surface area contributed by atoms with E-state index >= 15 is 0 Å². The maximum atomic E-state index is 9.36. The van der Waals surface area contributed by atoms with E-state index in [1.807, 2.05) is 24.3 Å². The van der Waals surface area contributed by atoms with Crippen molar-refractivity contribution >= 4 is 0 Å². The fourth-order valence-electron chi connectivity index (χ4n) is 4.62. The number of allylic oxidation sites excluding steroid dienone is 9. The third-order valence-corrected chi connectivity index (χ3v) is 6.62. The van der Waals surface area contributed by atoms with Crippen LogP contribution in [-0.4, -0.2) is 17.5 Å². The molecule has 0 aromatic carbocycles. The molecule has 0 aromatic heterocycles. The van der Waals surface area contributed by atoms with Gasteiger partial charge in [0.2, 0.25) is 0 Å². The van der Waals surface area contributed by atoms with E-state index in [-0.39, 0.29) is 16.7 Å². The number of hydrogen-bond donors (Lipinski definition) is 0. The van der Waals surface area contributed by atoms with E-state index in [9.17, 15) is 10.5 Å². The highest BCUT2D eigenvalue weighted by Crippen LogP contribution is 2.46. The minimum atomic E-state index is -0.730. The van der Waals surface area contributed by atoms with E-state index in [2.05, 4.69) is 77.3 Å². The lowest BCUT2D eigenvalue weighted by molar-refractivity contribution is 0.212. The standard InChI is InChI=1S/C28H35N3O/c1-19-14-20(2)31-13-12-28(6,7)24(26(19)31)11-9-8-10-23-15-21(22(17-29)18-30)16-25(32-23)27(3,4)5/h8-11,15-16,20-22H,1,12-14H2,2-7H3/b10-8+,11-9+. The van der Waals surface area contributed by atoms with Gasteiger partial charge in [-0.2, -0.15) is 10.5 Å². The van der Waals surface area contributed by atoms with Crippen molar-refractivity contribution in [1.82, 2.24) is 4.90 Å². The average Bonchev–Trinajstić information content (AvgIpc) is 2.99. The van der Waals surface area contributed by atoms with Crippen LogP contribution >= 0.6 is 0 Å². The Hall–Kier alpha value is -2.98. The zero-order valence-electron chi connectivity index (χ0n) is 20.3. The smallest absolute Gasteiger partial charge is 0.143 e. The first kappa shape index (κ1) is 23.7. The number of nitriles is 2.